The number of ether oxygens (including phenoxy) is 1. The summed E-state index contributed by atoms with van der Waals surface area (Å²) in [6.07, 6.45) is 20.8. The van der Waals surface area contributed by atoms with Crippen molar-refractivity contribution in [2.45, 2.75) is 104 Å². The monoisotopic (exact) mass is 395 g/mol. The highest BCUT2D eigenvalue weighted by molar-refractivity contribution is 6.34. The summed E-state index contributed by atoms with van der Waals surface area (Å²) in [6, 6.07) is 0. The Hall–Kier alpha value is -1.65. The molecule has 28 heavy (non-hydrogen) atoms. The molecule has 5 heteroatoms. The van der Waals surface area contributed by atoms with Crippen molar-refractivity contribution >= 4 is 17.7 Å². The molecule has 0 rings (SSSR count). The highest BCUT2D eigenvalue weighted by Gasteiger charge is 2.15. The predicted octanol–water partition coefficient (Wildman–Crippen LogP) is 5.27. The molecule has 0 saturated carbocycles. The Kier molecular flexibility index (Phi) is 18.9. The zero-order valence-electron chi connectivity index (χ0n) is 18.1. The molecule has 0 aromatic rings. The van der Waals surface area contributed by atoms with Crippen molar-refractivity contribution in [3.05, 3.63) is 12.2 Å². The summed E-state index contributed by atoms with van der Waals surface area (Å²) in [5.74, 6) is -1.78. The molecule has 0 aliphatic carbocycles. The Morgan fingerprint density at radius 2 is 1.29 bits per heavy atom. The summed E-state index contributed by atoms with van der Waals surface area (Å²) in [5.41, 5.74) is 0. The van der Waals surface area contributed by atoms with Crippen LogP contribution >= 0.6 is 0 Å². The second-order valence-electron chi connectivity index (χ2n) is 7.25. The molecule has 0 aromatic carbocycles. The minimum atomic E-state index is -0.885. The number of carbonyl (C=O) groups excluding carboxylic acids is 3. The van der Waals surface area contributed by atoms with Gasteiger partial charge in [0.1, 0.15) is 0 Å². The Morgan fingerprint density at radius 3 is 1.86 bits per heavy atom. The number of rotatable bonds is 19. The second kappa shape index (κ2) is 20.1. The number of amides is 1. The van der Waals surface area contributed by atoms with E-state index in [1.807, 2.05) is 0 Å². The van der Waals surface area contributed by atoms with Crippen LogP contribution in [0.3, 0.4) is 0 Å². The zero-order chi connectivity index (χ0) is 20.9. The lowest BCUT2D eigenvalue weighted by Crippen LogP contribution is -2.33. The van der Waals surface area contributed by atoms with Crippen LogP contribution in [0.5, 0.6) is 0 Å². The van der Waals surface area contributed by atoms with E-state index >= 15 is 0 Å². The topological polar surface area (TPSA) is 72.5 Å². The standard InChI is InChI=1S/C23H41NO4/c1-3-5-6-7-8-9-10-11-12-13-14-15-16-17-18-19-22(26)24-20-21(25)23(27)28-4-2/h11-12H,3-10,13-20H2,1-2H3,(H,24,26)/b12-11-. The molecule has 0 aliphatic rings. The van der Waals surface area contributed by atoms with E-state index in [1.54, 1.807) is 6.92 Å². The lowest BCUT2D eigenvalue weighted by molar-refractivity contribution is -0.153. The van der Waals surface area contributed by atoms with Gasteiger partial charge in [0.2, 0.25) is 5.91 Å². The van der Waals surface area contributed by atoms with Crippen LogP contribution in [0.25, 0.3) is 0 Å². The fraction of sp³-hybridized carbons (Fsp3) is 0.783. The number of hydrogen-bond donors (Lipinski definition) is 1. The quantitative estimate of drug-likeness (QED) is 0.140. The summed E-state index contributed by atoms with van der Waals surface area (Å²) < 4.78 is 4.58. The maximum atomic E-state index is 11.6. The van der Waals surface area contributed by atoms with Crippen LogP contribution in [-0.4, -0.2) is 30.8 Å². The number of Topliss-reactive ketones (excluding diaryl/α,β-unsaturated/α-hetero) is 1. The molecular formula is C23H41NO4. The fourth-order valence-electron chi connectivity index (χ4n) is 2.91. The van der Waals surface area contributed by atoms with Crippen LogP contribution < -0.4 is 5.32 Å². The fourth-order valence-corrected chi connectivity index (χ4v) is 2.91. The largest absolute Gasteiger partial charge is 0.460 e. The van der Waals surface area contributed by atoms with Crippen molar-refractivity contribution in [1.29, 1.82) is 0 Å². The lowest BCUT2D eigenvalue weighted by atomic mass is 10.1. The van der Waals surface area contributed by atoms with Gasteiger partial charge in [-0.15, -0.1) is 0 Å². The first-order chi connectivity index (χ1) is 13.6. The van der Waals surface area contributed by atoms with Crippen molar-refractivity contribution in [3.63, 3.8) is 0 Å². The molecule has 1 N–H and O–H groups in total. The molecule has 0 aliphatic heterocycles. The third-order valence-corrected chi connectivity index (χ3v) is 4.61. The number of unbranched alkanes of at least 4 members (excludes halogenated alkanes) is 11. The van der Waals surface area contributed by atoms with E-state index in [1.165, 1.54) is 57.8 Å². The van der Waals surface area contributed by atoms with E-state index in [9.17, 15) is 14.4 Å². The molecule has 1 amide bonds. The smallest absolute Gasteiger partial charge is 0.376 e. The van der Waals surface area contributed by atoms with Gasteiger partial charge in [-0.3, -0.25) is 9.59 Å². The number of esters is 1. The van der Waals surface area contributed by atoms with E-state index in [0.29, 0.717) is 6.42 Å². The van der Waals surface area contributed by atoms with Gasteiger partial charge < -0.3 is 10.1 Å². The predicted molar refractivity (Wildman–Crippen MR) is 114 cm³/mol. The highest BCUT2D eigenvalue weighted by atomic mass is 16.5. The van der Waals surface area contributed by atoms with Gasteiger partial charge in [0.05, 0.1) is 13.2 Å². The molecule has 0 spiro atoms. The van der Waals surface area contributed by atoms with Crippen LogP contribution in [0.2, 0.25) is 0 Å². The molecule has 0 saturated heterocycles. The third-order valence-electron chi connectivity index (χ3n) is 4.61. The molecule has 162 valence electrons. The molecule has 0 unspecified atom stereocenters. The van der Waals surface area contributed by atoms with Gasteiger partial charge in [-0.1, -0.05) is 70.4 Å². The number of hydrogen-bond acceptors (Lipinski definition) is 4. The number of nitrogens with one attached hydrogen (secondary N) is 1. The van der Waals surface area contributed by atoms with Crippen LogP contribution in [0.15, 0.2) is 12.2 Å². The van der Waals surface area contributed by atoms with Crippen molar-refractivity contribution in [1.82, 2.24) is 5.32 Å². The summed E-state index contributed by atoms with van der Waals surface area (Å²) in [5, 5.41) is 2.47. The van der Waals surface area contributed by atoms with Gasteiger partial charge in [0, 0.05) is 6.42 Å². The first kappa shape index (κ1) is 26.4. The SMILES string of the molecule is CCCCCCCC/C=C\CCCCCCCC(=O)NCC(=O)C(=O)OCC. The van der Waals surface area contributed by atoms with Crippen molar-refractivity contribution < 1.29 is 19.1 Å². The molecule has 5 nitrogen and oxygen atoms in total. The van der Waals surface area contributed by atoms with Gasteiger partial charge >= 0.3 is 5.97 Å². The normalized spacial score (nSPS) is 10.9. The zero-order valence-corrected chi connectivity index (χ0v) is 18.1. The molecule has 0 fully saturated rings. The summed E-state index contributed by atoms with van der Waals surface area (Å²) in [4.78, 5) is 34.1. The van der Waals surface area contributed by atoms with E-state index in [-0.39, 0.29) is 19.1 Å². The third kappa shape index (κ3) is 17.7. The van der Waals surface area contributed by atoms with E-state index in [4.69, 9.17) is 0 Å². The minimum absolute atomic E-state index is 0.160. The number of carbonyl (C=O) groups is 3. The minimum Gasteiger partial charge on any atom is -0.460 e. The molecular weight excluding hydrogens is 354 g/mol. The first-order valence-electron chi connectivity index (χ1n) is 11.2. The van der Waals surface area contributed by atoms with Crippen LogP contribution in [0, 0.1) is 0 Å². The van der Waals surface area contributed by atoms with Gasteiger partial charge in [0.25, 0.3) is 5.78 Å². The maximum Gasteiger partial charge on any atom is 0.376 e. The van der Waals surface area contributed by atoms with Gasteiger partial charge in [-0.2, -0.15) is 0 Å². The second-order valence-corrected chi connectivity index (χ2v) is 7.25. The molecule has 0 radical (unpaired) electrons. The van der Waals surface area contributed by atoms with Crippen LogP contribution in [0.1, 0.15) is 104 Å². The first-order valence-corrected chi connectivity index (χ1v) is 11.2. The van der Waals surface area contributed by atoms with Crippen molar-refractivity contribution in [2.24, 2.45) is 0 Å². The Bertz CT molecular complexity index is 446. The van der Waals surface area contributed by atoms with Crippen LogP contribution in [-0.2, 0) is 19.1 Å². The van der Waals surface area contributed by atoms with Crippen molar-refractivity contribution in [2.75, 3.05) is 13.2 Å². The van der Waals surface area contributed by atoms with E-state index in [2.05, 4.69) is 29.1 Å². The van der Waals surface area contributed by atoms with E-state index < -0.39 is 11.8 Å². The van der Waals surface area contributed by atoms with Gasteiger partial charge in [-0.05, 0) is 39.0 Å². The summed E-state index contributed by atoms with van der Waals surface area (Å²) in [7, 11) is 0. The Labute approximate surface area is 171 Å². The maximum absolute atomic E-state index is 11.6. The van der Waals surface area contributed by atoms with Gasteiger partial charge in [-0.25, -0.2) is 4.79 Å². The average Bonchev–Trinajstić information content (AvgIpc) is 2.69. The van der Waals surface area contributed by atoms with Gasteiger partial charge in [0.15, 0.2) is 0 Å². The molecule has 0 bridgehead atoms. The number of ketones is 1. The molecule has 0 atom stereocenters. The summed E-state index contributed by atoms with van der Waals surface area (Å²) >= 11 is 0. The molecule has 0 heterocycles. The highest BCUT2D eigenvalue weighted by Crippen LogP contribution is 2.09. The van der Waals surface area contributed by atoms with Crippen molar-refractivity contribution in [3.8, 4) is 0 Å². The van der Waals surface area contributed by atoms with Crippen LogP contribution in [0.4, 0.5) is 0 Å². The van der Waals surface area contributed by atoms with E-state index in [0.717, 1.165) is 25.7 Å². The average molecular weight is 396 g/mol. The lowest BCUT2D eigenvalue weighted by Gasteiger charge is -2.04. The number of allylic oxidation sites excluding steroid dienone is 2. The Morgan fingerprint density at radius 1 is 0.750 bits per heavy atom. The molecule has 0 aromatic heterocycles. The summed E-state index contributed by atoms with van der Waals surface area (Å²) in [6.45, 7) is 3.77. The Balaban J connectivity index is 3.38.